The molecular formula is C19H24Cl2N4O. The first-order valence-electron chi connectivity index (χ1n) is 8.93. The first kappa shape index (κ1) is 19.2. The summed E-state index contributed by atoms with van der Waals surface area (Å²) in [4.78, 5) is 12.4. The van der Waals surface area contributed by atoms with Crippen LogP contribution in [0.25, 0.3) is 5.69 Å². The zero-order chi connectivity index (χ0) is 18.7. The average molecular weight is 395 g/mol. The van der Waals surface area contributed by atoms with Gasteiger partial charge in [-0.15, -0.1) is 0 Å². The number of amides is 1. The van der Waals surface area contributed by atoms with Crippen LogP contribution in [0.15, 0.2) is 18.2 Å². The Bertz CT molecular complexity index is 797. The third-order valence-electron chi connectivity index (χ3n) is 4.90. The van der Waals surface area contributed by atoms with Crippen molar-refractivity contribution in [3.8, 4) is 5.69 Å². The highest BCUT2D eigenvalue weighted by atomic mass is 35.5. The number of hydrogen-bond donors (Lipinski definition) is 2. The maximum Gasteiger partial charge on any atom is 0.224 e. The fourth-order valence-electron chi connectivity index (χ4n) is 3.40. The van der Waals surface area contributed by atoms with E-state index in [0.717, 1.165) is 42.3 Å². The van der Waals surface area contributed by atoms with Crippen LogP contribution in [-0.2, 0) is 11.2 Å². The minimum absolute atomic E-state index is 0.0310. The summed E-state index contributed by atoms with van der Waals surface area (Å²) in [5, 5.41) is 12.1. The third kappa shape index (κ3) is 4.40. The quantitative estimate of drug-likeness (QED) is 0.815. The van der Waals surface area contributed by atoms with Crippen LogP contribution in [0.3, 0.4) is 0 Å². The van der Waals surface area contributed by atoms with Crippen LogP contribution in [0.2, 0.25) is 10.0 Å². The molecule has 5 nitrogen and oxygen atoms in total. The summed E-state index contributed by atoms with van der Waals surface area (Å²) in [7, 11) is 0. The highest BCUT2D eigenvalue weighted by Crippen LogP contribution is 2.27. The summed E-state index contributed by atoms with van der Waals surface area (Å²) >= 11 is 12.3. The second-order valence-electron chi connectivity index (χ2n) is 6.85. The molecule has 1 amide bonds. The topological polar surface area (TPSA) is 59.0 Å². The van der Waals surface area contributed by atoms with Gasteiger partial charge in [0.15, 0.2) is 0 Å². The fraction of sp³-hybridized carbons (Fsp3) is 0.474. The highest BCUT2D eigenvalue weighted by molar-refractivity contribution is 6.35. The number of halogens is 2. The minimum Gasteiger partial charge on any atom is -0.355 e. The number of benzene rings is 1. The van der Waals surface area contributed by atoms with Crippen molar-refractivity contribution in [2.75, 3.05) is 19.6 Å². The zero-order valence-corrected chi connectivity index (χ0v) is 16.6. The molecule has 3 rings (SSSR count). The van der Waals surface area contributed by atoms with Gasteiger partial charge in [-0.1, -0.05) is 23.2 Å². The summed E-state index contributed by atoms with van der Waals surface area (Å²) in [6, 6.07) is 5.31. The largest absolute Gasteiger partial charge is 0.355 e. The van der Waals surface area contributed by atoms with E-state index in [-0.39, 0.29) is 5.91 Å². The van der Waals surface area contributed by atoms with Gasteiger partial charge in [0.1, 0.15) is 0 Å². The second-order valence-corrected chi connectivity index (χ2v) is 7.69. The average Bonchev–Trinajstić information content (AvgIpc) is 2.89. The highest BCUT2D eigenvalue weighted by Gasteiger charge is 2.19. The van der Waals surface area contributed by atoms with Crippen LogP contribution in [0.4, 0.5) is 0 Å². The molecule has 0 radical (unpaired) electrons. The van der Waals surface area contributed by atoms with Gasteiger partial charge in [0.05, 0.1) is 22.8 Å². The van der Waals surface area contributed by atoms with Gasteiger partial charge >= 0.3 is 0 Å². The van der Waals surface area contributed by atoms with Gasteiger partial charge in [0.2, 0.25) is 5.91 Å². The molecule has 0 bridgehead atoms. The standard InChI is InChI=1S/C19H24Cl2N4O/c1-12-16(9-19(26)23-11-14-4-3-7-22-10-14)13(2)25(24-12)18-6-5-15(20)8-17(18)21/h5-6,8,14,22H,3-4,7,9-11H2,1-2H3,(H,23,26). The van der Waals surface area contributed by atoms with Crippen molar-refractivity contribution >= 4 is 29.1 Å². The Hall–Kier alpha value is -1.56. The Labute approximate surface area is 164 Å². The molecule has 0 spiro atoms. The number of nitrogens with one attached hydrogen (secondary N) is 2. The smallest absolute Gasteiger partial charge is 0.224 e. The molecule has 1 atom stereocenters. The van der Waals surface area contributed by atoms with E-state index in [9.17, 15) is 4.79 Å². The number of aryl methyl sites for hydroxylation is 1. The number of nitrogens with zero attached hydrogens (tertiary/aromatic N) is 2. The van der Waals surface area contributed by atoms with E-state index < -0.39 is 0 Å². The van der Waals surface area contributed by atoms with Gasteiger partial charge in [0.25, 0.3) is 0 Å². The Balaban J connectivity index is 1.70. The van der Waals surface area contributed by atoms with Crippen molar-refractivity contribution in [3.63, 3.8) is 0 Å². The number of hydrogen-bond acceptors (Lipinski definition) is 3. The van der Waals surface area contributed by atoms with E-state index in [1.807, 2.05) is 19.9 Å². The van der Waals surface area contributed by atoms with Crippen molar-refractivity contribution in [2.45, 2.75) is 33.1 Å². The molecule has 2 N–H and O–H groups in total. The summed E-state index contributed by atoms with van der Waals surface area (Å²) in [6.45, 7) is 6.65. The molecule has 7 heteroatoms. The molecule has 26 heavy (non-hydrogen) atoms. The summed E-state index contributed by atoms with van der Waals surface area (Å²) in [5.74, 6) is 0.550. The van der Waals surface area contributed by atoms with Crippen LogP contribution in [0, 0.1) is 19.8 Å². The molecule has 1 fully saturated rings. The lowest BCUT2D eigenvalue weighted by Crippen LogP contribution is -2.38. The zero-order valence-electron chi connectivity index (χ0n) is 15.1. The number of piperidine rings is 1. The molecule has 1 aromatic heterocycles. The van der Waals surface area contributed by atoms with E-state index >= 15 is 0 Å². The predicted octanol–water partition coefficient (Wildman–Crippen LogP) is 3.45. The fourth-order valence-corrected chi connectivity index (χ4v) is 3.89. The molecular weight excluding hydrogens is 371 g/mol. The molecule has 140 valence electrons. The lowest BCUT2D eigenvalue weighted by Gasteiger charge is -2.22. The molecule has 1 aliphatic rings. The van der Waals surface area contributed by atoms with Gasteiger partial charge < -0.3 is 10.6 Å². The monoisotopic (exact) mass is 394 g/mol. The van der Waals surface area contributed by atoms with Crippen LogP contribution in [-0.4, -0.2) is 35.3 Å². The first-order chi connectivity index (χ1) is 12.5. The van der Waals surface area contributed by atoms with Crippen LogP contribution < -0.4 is 10.6 Å². The van der Waals surface area contributed by atoms with Crippen LogP contribution in [0.5, 0.6) is 0 Å². The molecule has 1 aliphatic heterocycles. The van der Waals surface area contributed by atoms with Gasteiger partial charge in [0, 0.05) is 22.8 Å². The van der Waals surface area contributed by atoms with E-state index in [2.05, 4.69) is 15.7 Å². The minimum atomic E-state index is 0.0310. The number of rotatable bonds is 5. The van der Waals surface area contributed by atoms with Crippen LogP contribution in [0.1, 0.15) is 29.8 Å². The van der Waals surface area contributed by atoms with Gasteiger partial charge in [-0.05, 0) is 63.9 Å². The molecule has 0 saturated carbocycles. The van der Waals surface area contributed by atoms with Crippen LogP contribution >= 0.6 is 23.2 Å². The Morgan fingerprint density at radius 2 is 2.19 bits per heavy atom. The van der Waals surface area contributed by atoms with E-state index in [1.165, 1.54) is 12.8 Å². The first-order valence-corrected chi connectivity index (χ1v) is 9.69. The second kappa shape index (κ2) is 8.42. The molecule has 0 aliphatic carbocycles. The van der Waals surface area contributed by atoms with Crippen molar-refractivity contribution in [1.82, 2.24) is 20.4 Å². The lowest BCUT2D eigenvalue weighted by atomic mass is 9.99. The van der Waals surface area contributed by atoms with E-state index in [0.29, 0.717) is 22.4 Å². The van der Waals surface area contributed by atoms with Gasteiger partial charge in [-0.2, -0.15) is 5.10 Å². The summed E-state index contributed by atoms with van der Waals surface area (Å²) in [5.41, 5.74) is 3.45. The maximum atomic E-state index is 12.4. The lowest BCUT2D eigenvalue weighted by molar-refractivity contribution is -0.120. The summed E-state index contributed by atoms with van der Waals surface area (Å²) < 4.78 is 1.78. The number of carbonyl (C=O) groups excluding carboxylic acids is 1. The van der Waals surface area contributed by atoms with Crippen molar-refractivity contribution in [2.24, 2.45) is 5.92 Å². The van der Waals surface area contributed by atoms with E-state index in [4.69, 9.17) is 23.2 Å². The predicted molar refractivity (Wildman–Crippen MR) is 105 cm³/mol. The molecule has 2 heterocycles. The third-order valence-corrected chi connectivity index (χ3v) is 5.44. The van der Waals surface area contributed by atoms with Gasteiger partial charge in [-0.3, -0.25) is 4.79 Å². The Kier molecular flexibility index (Phi) is 6.22. The molecule has 2 aromatic rings. The number of aromatic nitrogens is 2. The SMILES string of the molecule is Cc1nn(-c2ccc(Cl)cc2Cl)c(C)c1CC(=O)NCC1CCCNC1. The Morgan fingerprint density at radius 3 is 2.88 bits per heavy atom. The molecule has 1 saturated heterocycles. The normalized spacial score (nSPS) is 17.3. The number of carbonyl (C=O) groups is 1. The summed E-state index contributed by atoms with van der Waals surface area (Å²) in [6.07, 6.45) is 2.66. The van der Waals surface area contributed by atoms with Crippen molar-refractivity contribution in [1.29, 1.82) is 0 Å². The molecule has 1 aromatic carbocycles. The van der Waals surface area contributed by atoms with Crippen molar-refractivity contribution < 1.29 is 4.79 Å². The van der Waals surface area contributed by atoms with Gasteiger partial charge in [-0.25, -0.2) is 4.68 Å². The maximum absolute atomic E-state index is 12.4. The Morgan fingerprint density at radius 1 is 1.38 bits per heavy atom. The van der Waals surface area contributed by atoms with E-state index in [1.54, 1.807) is 16.8 Å². The van der Waals surface area contributed by atoms with Crippen molar-refractivity contribution in [3.05, 3.63) is 45.2 Å². The molecule has 1 unspecified atom stereocenters.